The van der Waals surface area contributed by atoms with Gasteiger partial charge in [-0.05, 0) is 37.4 Å². The predicted octanol–water partition coefficient (Wildman–Crippen LogP) is 2.95. The first kappa shape index (κ1) is 21.6. The van der Waals surface area contributed by atoms with Crippen molar-refractivity contribution in [3.63, 3.8) is 0 Å². The predicted molar refractivity (Wildman–Crippen MR) is 121 cm³/mol. The quantitative estimate of drug-likeness (QED) is 0.541. The van der Waals surface area contributed by atoms with E-state index in [2.05, 4.69) is 37.3 Å². The van der Waals surface area contributed by atoms with Gasteiger partial charge in [0.1, 0.15) is 5.82 Å². The van der Waals surface area contributed by atoms with E-state index in [4.69, 9.17) is 16.0 Å². The van der Waals surface area contributed by atoms with Crippen LogP contribution < -0.4 is 10.2 Å². The third-order valence-corrected chi connectivity index (χ3v) is 6.04. The monoisotopic (exact) mass is 458 g/mol. The highest BCUT2D eigenvalue weighted by atomic mass is 35.5. The molecule has 0 aliphatic carbocycles. The van der Waals surface area contributed by atoms with Gasteiger partial charge >= 0.3 is 0 Å². The zero-order chi connectivity index (χ0) is 21.6. The molecule has 3 aromatic rings. The minimum absolute atomic E-state index is 0.107. The van der Waals surface area contributed by atoms with E-state index in [1.54, 1.807) is 18.3 Å². The van der Waals surface area contributed by atoms with Gasteiger partial charge in [0.05, 0.1) is 5.75 Å². The molecule has 1 aromatic carbocycles. The van der Waals surface area contributed by atoms with Crippen LogP contribution in [0.15, 0.2) is 52.2 Å². The zero-order valence-corrected chi connectivity index (χ0v) is 18.7. The van der Waals surface area contributed by atoms with Crippen LogP contribution in [0.2, 0.25) is 5.02 Å². The highest BCUT2D eigenvalue weighted by molar-refractivity contribution is 7.99. The maximum absolute atomic E-state index is 12.4. The lowest BCUT2D eigenvalue weighted by Gasteiger charge is -2.34. The van der Waals surface area contributed by atoms with Crippen molar-refractivity contribution in [3.05, 3.63) is 53.2 Å². The van der Waals surface area contributed by atoms with E-state index in [0.717, 1.165) is 43.1 Å². The first-order chi connectivity index (χ1) is 15.1. The Labute approximate surface area is 190 Å². The highest BCUT2D eigenvalue weighted by Gasteiger charge is 2.18. The molecule has 1 saturated heterocycles. The second-order valence-electron chi connectivity index (χ2n) is 7.22. The average Bonchev–Trinajstić information content (AvgIpc) is 3.27. The highest BCUT2D eigenvalue weighted by Crippen LogP contribution is 2.24. The second kappa shape index (κ2) is 10.1. The Bertz CT molecular complexity index is 1020. The molecule has 1 fully saturated rings. The summed E-state index contributed by atoms with van der Waals surface area (Å²) in [6.07, 6.45) is 1.79. The minimum Gasteiger partial charge on any atom is -0.411 e. The zero-order valence-electron chi connectivity index (χ0n) is 17.1. The van der Waals surface area contributed by atoms with Crippen LogP contribution in [-0.4, -0.2) is 65.0 Å². The SMILES string of the molecule is CN1CCN(c2ncccc2CNC(=O)CSc2nnc(-c3ccc(Cl)cc3)o2)CC1. The topological polar surface area (TPSA) is 87.4 Å². The Morgan fingerprint density at radius 3 is 2.71 bits per heavy atom. The van der Waals surface area contributed by atoms with Crippen molar-refractivity contribution in [1.82, 2.24) is 25.4 Å². The van der Waals surface area contributed by atoms with Crippen LogP contribution in [0.5, 0.6) is 0 Å². The van der Waals surface area contributed by atoms with Crippen molar-refractivity contribution in [2.45, 2.75) is 11.8 Å². The molecule has 8 nitrogen and oxygen atoms in total. The van der Waals surface area contributed by atoms with E-state index in [1.165, 1.54) is 11.8 Å². The van der Waals surface area contributed by atoms with Gasteiger partial charge in [-0.3, -0.25) is 4.79 Å². The molecule has 0 radical (unpaired) electrons. The number of anilines is 1. The van der Waals surface area contributed by atoms with Crippen molar-refractivity contribution in [3.8, 4) is 11.5 Å². The summed E-state index contributed by atoms with van der Waals surface area (Å²) in [7, 11) is 2.12. The third-order valence-electron chi connectivity index (χ3n) is 4.97. The lowest BCUT2D eigenvalue weighted by molar-refractivity contribution is -0.118. The summed E-state index contributed by atoms with van der Waals surface area (Å²) in [6, 6.07) is 11.0. The molecule has 1 amide bonds. The lowest BCUT2D eigenvalue weighted by Crippen LogP contribution is -2.45. The summed E-state index contributed by atoms with van der Waals surface area (Å²) in [4.78, 5) is 21.5. The maximum Gasteiger partial charge on any atom is 0.277 e. The van der Waals surface area contributed by atoms with Crippen molar-refractivity contribution < 1.29 is 9.21 Å². The molecule has 0 bridgehead atoms. The smallest absolute Gasteiger partial charge is 0.277 e. The lowest BCUT2D eigenvalue weighted by atomic mass is 10.2. The van der Waals surface area contributed by atoms with E-state index in [9.17, 15) is 4.79 Å². The molecule has 31 heavy (non-hydrogen) atoms. The minimum atomic E-state index is -0.107. The molecule has 4 rings (SSSR count). The molecule has 0 atom stereocenters. The number of amides is 1. The normalized spacial score (nSPS) is 14.6. The van der Waals surface area contributed by atoms with Gasteiger partial charge in [0.25, 0.3) is 5.22 Å². The third kappa shape index (κ3) is 5.75. The van der Waals surface area contributed by atoms with Gasteiger partial charge in [-0.1, -0.05) is 29.4 Å². The largest absolute Gasteiger partial charge is 0.411 e. The van der Waals surface area contributed by atoms with Crippen molar-refractivity contribution in [2.75, 3.05) is 43.9 Å². The molecule has 162 valence electrons. The number of piperazine rings is 1. The number of carbonyl (C=O) groups is 1. The molecule has 0 unspecified atom stereocenters. The number of rotatable bonds is 7. The fourth-order valence-corrected chi connectivity index (χ4v) is 3.94. The summed E-state index contributed by atoms with van der Waals surface area (Å²) < 4.78 is 5.63. The summed E-state index contributed by atoms with van der Waals surface area (Å²) in [5, 5.41) is 12.0. The van der Waals surface area contributed by atoms with Crippen LogP contribution in [0, 0.1) is 0 Å². The Hall–Kier alpha value is -2.62. The van der Waals surface area contributed by atoms with Crippen LogP contribution in [-0.2, 0) is 11.3 Å². The summed E-state index contributed by atoms with van der Waals surface area (Å²) in [5.41, 5.74) is 1.79. The van der Waals surface area contributed by atoms with Gasteiger partial charge in [0.15, 0.2) is 0 Å². The Kier molecular flexibility index (Phi) is 7.06. The molecule has 0 spiro atoms. The van der Waals surface area contributed by atoms with Crippen molar-refractivity contribution in [2.24, 2.45) is 0 Å². The number of hydrogen-bond donors (Lipinski definition) is 1. The van der Waals surface area contributed by atoms with E-state index in [-0.39, 0.29) is 11.7 Å². The number of benzene rings is 1. The van der Waals surface area contributed by atoms with Crippen molar-refractivity contribution in [1.29, 1.82) is 0 Å². The van der Waals surface area contributed by atoms with Crippen LogP contribution >= 0.6 is 23.4 Å². The Balaban J connectivity index is 1.29. The van der Waals surface area contributed by atoms with E-state index in [1.807, 2.05) is 24.3 Å². The van der Waals surface area contributed by atoms with Crippen LogP contribution in [0.1, 0.15) is 5.56 Å². The fourth-order valence-electron chi connectivity index (χ4n) is 3.22. The van der Waals surface area contributed by atoms with Gasteiger partial charge < -0.3 is 19.5 Å². The maximum atomic E-state index is 12.4. The summed E-state index contributed by atoms with van der Waals surface area (Å²) in [6.45, 7) is 4.28. The van der Waals surface area contributed by atoms with Crippen molar-refractivity contribution >= 4 is 35.1 Å². The first-order valence-electron chi connectivity index (χ1n) is 9.95. The number of nitrogens with one attached hydrogen (secondary N) is 1. The molecule has 2 aromatic heterocycles. The number of nitrogens with zero attached hydrogens (tertiary/aromatic N) is 5. The number of thioether (sulfide) groups is 1. The fraction of sp³-hybridized carbons (Fsp3) is 0.333. The molecule has 0 saturated carbocycles. The second-order valence-corrected chi connectivity index (χ2v) is 8.58. The van der Waals surface area contributed by atoms with E-state index in [0.29, 0.717) is 22.7 Å². The number of likely N-dealkylation sites (N-methyl/N-ethyl adjacent to an activating group) is 1. The molecule has 10 heteroatoms. The number of halogens is 1. The number of carbonyl (C=O) groups excluding carboxylic acids is 1. The number of hydrogen-bond acceptors (Lipinski definition) is 8. The number of aromatic nitrogens is 3. The van der Waals surface area contributed by atoms with Gasteiger partial charge in [0, 0.05) is 55.1 Å². The molecular formula is C21H23ClN6O2S. The van der Waals surface area contributed by atoms with Gasteiger partial charge in [-0.25, -0.2) is 4.98 Å². The standard InChI is InChI=1S/C21H23ClN6O2S/c1-27-9-11-28(12-10-27)19-16(3-2-8-23-19)13-24-18(29)14-31-21-26-25-20(30-21)15-4-6-17(22)7-5-15/h2-8H,9-14H2,1H3,(H,24,29). The number of pyridine rings is 1. The van der Waals surface area contributed by atoms with Gasteiger partial charge in [0.2, 0.25) is 11.8 Å². The Morgan fingerprint density at radius 2 is 1.94 bits per heavy atom. The molecule has 1 N–H and O–H groups in total. The molecule has 3 heterocycles. The van der Waals surface area contributed by atoms with Crippen LogP contribution in [0.3, 0.4) is 0 Å². The molecule has 1 aliphatic heterocycles. The summed E-state index contributed by atoms with van der Waals surface area (Å²) in [5.74, 6) is 1.41. The first-order valence-corrected chi connectivity index (χ1v) is 11.3. The molecular weight excluding hydrogens is 436 g/mol. The Morgan fingerprint density at radius 1 is 1.16 bits per heavy atom. The molecule has 1 aliphatic rings. The summed E-state index contributed by atoms with van der Waals surface area (Å²) >= 11 is 7.10. The van der Waals surface area contributed by atoms with E-state index < -0.39 is 0 Å². The van der Waals surface area contributed by atoms with Crippen LogP contribution in [0.4, 0.5) is 5.82 Å². The van der Waals surface area contributed by atoms with Gasteiger partial charge in [-0.15, -0.1) is 10.2 Å². The van der Waals surface area contributed by atoms with E-state index >= 15 is 0 Å². The average molecular weight is 459 g/mol. The van der Waals surface area contributed by atoms with Gasteiger partial charge in [-0.2, -0.15) is 0 Å². The van der Waals surface area contributed by atoms with Crippen LogP contribution in [0.25, 0.3) is 11.5 Å².